The van der Waals surface area contributed by atoms with Gasteiger partial charge in [0.25, 0.3) is 11.5 Å². The third kappa shape index (κ3) is 3.97. The van der Waals surface area contributed by atoms with Crippen LogP contribution in [0.5, 0.6) is 5.75 Å². The normalized spacial score (nSPS) is 17.0. The van der Waals surface area contributed by atoms with Gasteiger partial charge in [-0.2, -0.15) is 0 Å². The first kappa shape index (κ1) is 23.2. The van der Waals surface area contributed by atoms with Crippen molar-refractivity contribution in [1.82, 2.24) is 4.98 Å². The van der Waals surface area contributed by atoms with E-state index in [9.17, 15) is 24.8 Å². The van der Waals surface area contributed by atoms with Crippen LogP contribution in [0.15, 0.2) is 78.4 Å². The lowest BCUT2D eigenvalue weighted by Gasteiger charge is -2.22. The molecule has 180 valence electrons. The molecule has 1 N–H and O–H groups in total. The van der Waals surface area contributed by atoms with Gasteiger partial charge in [0.15, 0.2) is 5.13 Å². The fourth-order valence-corrected chi connectivity index (χ4v) is 5.15. The highest BCUT2D eigenvalue weighted by Gasteiger charge is 2.48. The van der Waals surface area contributed by atoms with E-state index in [1.807, 2.05) is 6.92 Å². The first-order valence-corrected chi connectivity index (χ1v) is 11.8. The maximum atomic E-state index is 13.3. The number of anilines is 1. The van der Waals surface area contributed by atoms with E-state index in [2.05, 4.69) is 4.98 Å². The monoisotopic (exact) mass is 501 g/mol. The average molecular weight is 502 g/mol. The standard InChI is InChI=1S/C26H19N3O6S/c1-2-35-18-12-13-19-20(14-18)36-26(27-19)28-22(15-8-10-17(11-9-15)29(33)34)21(24(31)25(28)32)23(30)16-6-4-3-5-7-16/h3-14,22,30H,2H2,1H3. The lowest BCUT2D eigenvalue weighted by atomic mass is 9.95. The average Bonchev–Trinajstić information content (AvgIpc) is 3.42. The zero-order valence-electron chi connectivity index (χ0n) is 19.0. The summed E-state index contributed by atoms with van der Waals surface area (Å²) in [6, 6.07) is 18.3. The van der Waals surface area contributed by atoms with Crippen molar-refractivity contribution in [3.05, 3.63) is 99.6 Å². The number of thiazole rings is 1. The summed E-state index contributed by atoms with van der Waals surface area (Å²) in [6.07, 6.45) is 0. The van der Waals surface area contributed by atoms with Gasteiger partial charge in [-0.25, -0.2) is 4.98 Å². The van der Waals surface area contributed by atoms with Crippen molar-refractivity contribution in [2.24, 2.45) is 0 Å². The minimum Gasteiger partial charge on any atom is -0.507 e. The third-order valence-corrected chi connectivity index (χ3v) is 6.79. The summed E-state index contributed by atoms with van der Waals surface area (Å²) in [5.41, 5.74) is 1.15. The topological polar surface area (TPSA) is 123 Å². The molecule has 5 rings (SSSR count). The molecule has 1 aliphatic rings. The number of nitrogens with zero attached hydrogens (tertiary/aromatic N) is 3. The Labute approximate surface area is 209 Å². The highest BCUT2D eigenvalue weighted by Crippen LogP contribution is 2.44. The van der Waals surface area contributed by atoms with Gasteiger partial charge in [0.2, 0.25) is 0 Å². The van der Waals surface area contributed by atoms with Gasteiger partial charge in [-0.3, -0.25) is 24.6 Å². The second-order valence-corrected chi connectivity index (χ2v) is 8.95. The van der Waals surface area contributed by atoms with Crippen molar-refractivity contribution in [3.8, 4) is 5.75 Å². The van der Waals surface area contributed by atoms with E-state index >= 15 is 0 Å². The predicted octanol–water partition coefficient (Wildman–Crippen LogP) is 5.23. The van der Waals surface area contributed by atoms with Crippen LogP contribution in [0.25, 0.3) is 16.0 Å². The highest BCUT2D eigenvalue weighted by molar-refractivity contribution is 7.22. The van der Waals surface area contributed by atoms with Gasteiger partial charge in [-0.1, -0.05) is 41.7 Å². The van der Waals surface area contributed by atoms with Crippen LogP contribution in [0.4, 0.5) is 10.8 Å². The Balaban J connectivity index is 1.69. The number of benzene rings is 3. The molecular weight excluding hydrogens is 482 g/mol. The lowest BCUT2D eigenvalue weighted by Crippen LogP contribution is -2.29. The minimum absolute atomic E-state index is 0.116. The SMILES string of the molecule is CCOc1ccc2nc(N3C(=O)C(=O)C(=C(O)c4ccccc4)C3c3ccc([N+](=O)[O-])cc3)sc2c1. The molecule has 1 atom stereocenters. The van der Waals surface area contributed by atoms with E-state index in [1.54, 1.807) is 48.5 Å². The molecule has 36 heavy (non-hydrogen) atoms. The molecule has 10 heteroatoms. The quantitative estimate of drug-likeness (QED) is 0.126. The summed E-state index contributed by atoms with van der Waals surface area (Å²) in [4.78, 5) is 43.0. The second-order valence-electron chi connectivity index (χ2n) is 7.94. The van der Waals surface area contributed by atoms with Gasteiger partial charge < -0.3 is 9.84 Å². The number of carbonyl (C=O) groups is 2. The number of carbonyl (C=O) groups excluding carboxylic acids is 2. The van der Waals surface area contributed by atoms with Crippen LogP contribution in [0.1, 0.15) is 24.1 Å². The largest absolute Gasteiger partial charge is 0.507 e. The molecule has 1 unspecified atom stereocenters. The lowest BCUT2D eigenvalue weighted by molar-refractivity contribution is -0.384. The fourth-order valence-electron chi connectivity index (χ4n) is 4.13. The Bertz CT molecular complexity index is 1530. The molecule has 0 aliphatic carbocycles. The molecule has 0 radical (unpaired) electrons. The number of hydrogen-bond acceptors (Lipinski definition) is 8. The number of ketones is 1. The minimum atomic E-state index is -1.03. The van der Waals surface area contributed by atoms with Crippen molar-refractivity contribution in [2.45, 2.75) is 13.0 Å². The van der Waals surface area contributed by atoms with Crippen LogP contribution in [0.2, 0.25) is 0 Å². The zero-order chi connectivity index (χ0) is 25.4. The summed E-state index contributed by atoms with van der Waals surface area (Å²) >= 11 is 1.21. The number of fused-ring (bicyclic) bond motifs is 1. The third-order valence-electron chi connectivity index (χ3n) is 5.78. The Kier molecular flexibility index (Phi) is 5.95. The molecule has 0 bridgehead atoms. The molecule has 1 saturated heterocycles. The van der Waals surface area contributed by atoms with Gasteiger partial charge in [0.05, 0.1) is 33.4 Å². The molecule has 0 saturated carbocycles. The van der Waals surface area contributed by atoms with Crippen molar-refractivity contribution in [3.63, 3.8) is 0 Å². The maximum Gasteiger partial charge on any atom is 0.301 e. The zero-order valence-corrected chi connectivity index (χ0v) is 19.8. The molecule has 1 aromatic heterocycles. The van der Waals surface area contributed by atoms with Gasteiger partial charge >= 0.3 is 5.91 Å². The summed E-state index contributed by atoms with van der Waals surface area (Å²) in [5.74, 6) is -1.40. The summed E-state index contributed by atoms with van der Waals surface area (Å²) < 4.78 is 6.31. The first-order valence-electron chi connectivity index (χ1n) is 11.0. The van der Waals surface area contributed by atoms with E-state index in [0.717, 1.165) is 4.70 Å². The molecule has 1 fully saturated rings. The predicted molar refractivity (Wildman–Crippen MR) is 135 cm³/mol. The van der Waals surface area contributed by atoms with Gasteiger partial charge in [0, 0.05) is 17.7 Å². The molecule has 1 amide bonds. The van der Waals surface area contributed by atoms with E-state index in [4.69, 9.17) is 4.74 Å². The number of rotatable bonds is 6. The Morgan fingerprint density at radius 2 is 1.83 bits per heavy atom. The summed E-state index contributed by atoms with van der Waals surface area (Å²) in [7, 11) is 0. The van der Waals surface area contributed by atoms with Crippen LogP contribution < -0.4 is 9.64 Å². The fraction of sp³-hybridized carbons (Fsp3) is 0.115. The molecule has 1 aliphatic heterocycles. The summed E-state index contributed by atoms with van der Waals surface area (Å²) in [6.45, 7) is 2.37. The van der Waals surface area contributed by atoms with Crippen molar-refractivity contribution in [1.29, 1.82) is 0 Å². The van der Waals surface area contributed by atoms with Crippen LogP contribution in [0, 0.1) is 10.1 Å². The van der Waals surface area contributed by atoms with Crippen molar-refractivity contribution < 1.29 is 24.4 Å². The number of amides is 1. The Hall–Kier alpha value is -4.57. The molecule has 2 heterocycles. The maximum absolute atomic E-state index is 13.3. The molecule has 0 spiro atoms. The molecular formula is C26H19N3O6S. The van der Waals surface area contributed by atoms with Crippen molar-refractivity contribution in [2.75, 3.05) is 11.5 Å². The van der Waals surface area contributed by atoms with Crippen LogP contribution in [-0.4, -0.2) is 33.3 Å². The molecule has 9 nitrogen and oxygen atoms in total. The number of nitro benzene ring substituents is 1. The molecule has 4 aromatic rings. The number of Topliss-reactive ketones (excluding diaryl/α,β-unsaturated/α-hetero) is 1. The van der Waals surface area contributed by atoms with Crippen LogP contribution >= 0.6 is 11.3 Å². The van der Waals surface area contributed by atoms with E-state index in [1.165, 1.54) is 40.5 Å². The smallest absolute Gasteiger partial charge is 0.301 e. The van der Waals surface area contributed by atoms with E-state index < -0.39 is 22.7 Å². The van der Waals surface area contributed by atoms with Crippen LogP contribution in [0.3, 0.4) is 0 Å². The van der Waals surface area contributed by atoms with E-state index in [0.29, 0.717) is 29.0 Å². The van der Waals surface area contributed by atoms with Gasteiger partial charge in [0.1, 0.15) is 11.5 Å². The number of nitro groups is 1. The number of non-ortho nitro benzene ring substituents is 1. The Morgan fingerprint density at radius 1 is 1.11 bits per heavy atom. The van der Waals surface area contributed by atoms with Crippen molar-refractivity contribution >= 4 is 49.8 Å². The summed E-state index contributed by atoms with van der Waals surface area (Å²) in [5, 5.41) is 22.6. The Morgan fingerprint density at radius 3 is 2.50 bits per heavy atom. The molecule has 3 aromatic carbocycles. The number of ether oxygens (including phenoxy) is 1. The number of hydrogen-bond donors (Lipinski definition) is 1. The number of aromatic nitrogens is 1. The van der Waals surface area contributed by atoms with Crippen LogP contribution in [-0.2, 0) is 9.59 Å². The second kappa shape index (κ2) is 9.23. The first-order chi connectivity index (χ1) is 17.4. The van der Waals surface area contributed by atoms with E-state index in [-0.39, 0.29) is 22.2 Å². The number of aliphatic hydroxyl groups is 1. The highest BCUT2D eigenvalue weighted by atomic mass is 32.1. The van der Waals surface area contributed by atoms with Gasteiger partial charge in [-0.05, 0) is 42.8 Å². The number of aliphatic hydroxyl groups excluding tert-OH is 1. The van der Waals surface area contributed by atoms with Gasteiger partial charge in [-0.15, -0.1) is 0 Å².